The van der Waals surface area contributed by atoms with Gasteiger partial charge in [-0.1, -0.05) is 27.2 Å². The third-order valence-corrected chi connectivity index (χ3v) is 2.58. The van der Waals surface area contributed by atoms with E-state index in [0.29, 0.717) is 11.3 Å². The normalized spacial score (nSPS) is 12.1. The van der Waals surface area contributed by atoms with E-state index in [2.05, 4.69) is 25.9 Å². The first-order valence-corrected chi connectivity index (χ1v) is 5.94. The summed E-state index contributed by atoms with van der Waals surface area (Å²) in [7, 11) is 0. The van der Waals surface area contributed by atoms with Crippen molar-refractivity contribution in [1.29, 1.82) is 0 Å². The highest BCUT2D eigenvalue weighted by atomic mass is 79.9. The Hall–Kier alpha value is -1.88. The monoisotopic (exact) mass is 308 g/mol. The van der Waals surface area contributed by atoms with Crippen LogP contribution in [0.4, 0.5) is 0 Å². The Morgan fingerprint density at radius 1 is 1.50 bits per heavy atom. The van der Waals surface area contributed by atoms with Gasteiger partial charge >= 0.3 is 5.97 Å². The summed E-state index contributed by atoms with van der Waals surface area (Å²) in [6, 6.07) is 10.0. The highest BCUT2D eigenvalue weighted by Gasteiger charge is 2.06. The molecule has 0 amide bonds. The second-order valence-electron chi connectivity index (χ2n) is 3.50. The Morgan fingerprint density at radius 3 is 3.00 bits per heavy atom. The number of benzene rings is 1. The lowest BCUT2D eigenvalue weighted by Crippen LogP contribution is -2.00. The van der Waals surface area contributed by atoms with Crippen molar-refractivity contribution in [3.05, 3.63) is 58.0 Å². The summed E-state index contributed by atoms with van der Waals surface area (Å²) in [5, 5.41) is 3.44. The highest BCUT2D eigenvalue weighted by Crippen LogP contribution is 2.12. The number of aryl methyl sites for hydroxylation is 1. The second kappa shape index (κ2) is 5.64. The molecule has 0 radical (unpaired) electrons. The van der Waals surface area contributed by atoms with Crippen molar-refractivity contribution in [3.8, 4) is 0 Å². The average Bonchev–Trinajstić information content (AvgIpc) is 2.82. The van der Waals surface area contributed by atoms with Crippen LogP contribution in [0.3, 0.4) is 0 Å². The van der Waals surface area contributed by atoms with Crippen molar-refractivity contribution in [2.24, 2.45) is 5.16 Å². The number of furan rings is 1. The van der Waals surface area contributed by atoms with Gasteiger partial charge in [0.25, 0.3) is 0 Å². The molecule has 92 valence electrons. The van der Waals surface area contributed by atoms with E-state index in [1.165, 1.54) is 0 Å². The number of hydrogen-bond acceptors (Lipinski definition) is 4. The minimum Gasteiger partial charge on any atom is -0.460 e. The zero-order valence-electron chi connectivity index (χ0n) is 10.5. The number of hydrogen-bond donors (Lipinski definition) is 0. The lowest BCUT2D eigenvalue weighted by Gasteiger charge is -1.97. The Morgan fingerprint density at radius 2 is 2.33 bits per heavy atom. The highest BCUT2D eigenvalue weighted by molar-refractivity contribution is 9.10. The molecule has 0 spiro atoms. The van der Waals surface area contributed by atoms with Gasteiger partial charge in [-0.05, 0) is 37.3 Å². The third kappa shape index (κ3) is 3.30. The van der Waals surface area contributed by atoms with Gasteiger partial charge in [0, 0.05) is 4.47 Å². The van der Waals surface area contributed by atoms with Crippen LogP contribution in [-0.4, -0.2) is 12.2 Å². The van der Waals surface area contributed by atoms with Gasteiger partial charge in [0.2, 0.25) is 0 Å². The molecule has 2 aromatic rings. The summed E-state index contributed by atoms with van der Waals surface area (Å²) >= 11 is 3.25. The molecule has 2 rings (SSSR count). The van der Waals surface area contributed by atoms with Crippen LogP contribution in [0.1, 0.15) is 23.2 Å². The minimum absolute atomic E-state index is 0.239. The largest absolute Gasteiger partial charge is 0.460 e. The van der Waals surface area contributed by atoms with Gasteiger partial charge in [-0.2, -0.15) is 0 Å². The molecule has 0 N–H and O–H groups in total. The van der Waals surface area contributed by atoms with Crippen LogP contribution in [0.25, 0.3) is 0 Å². The van der Waals surface area contributed by atoms with E-state index >= 15 is 0 Å². The number of carbonyl (C=O) groups excluding carboxylic acids is 1. The van der Waals surface area contributed by atoms with Crippen molar-refractivity contribution in [1.82, 2.24) is 0 Å². The first-order valence-electron chi connectivity index (χ1n) is 5.64. The quantitative estimate of drug-likeness (QED) is 0.495. The lowest BCUT2D eigenvalue weighted by molar-refractivity contribution is 0.0519. The van der Waals surface area contributed by atoms with Crippen LogP contribution < -0.4 is 0 Å². The zero-order chi connectivity index (χ0) is 13.8. The smallest absolute Gasteiger partial charge is 0.365 e. The summed E-state index contributed by atoms with van der Waals surface area (Å²) in [6.07, 6.45) is -0.239. The maximum absolute atomic E-state index is 11.7. The van der Waals surface area contributed by atoms with E-state index in [1.807, 2.05) is 0 Å². The van der Waals surface area contributed by atoms with E-state index in [0.717, 1.165) is 4.47 Å². The topological polar surface area (TPSA) is 51.8 Å². The van der Waals surface area contributed by atoms with E-state index < -0.39 is 5.97 Å². The van der Waals surface area contributed by atoms with Crippen LogP contribution in [0, 0.1) is 6.92 Å². The standard InChI is InChI=1S/C13H10BrNO3/c1-9-5-6-12(17-9)8-15-18-13(16)10-3-2-4-11(14)7-10/h2-8H,1H3/b15-8-/i8D. The molecule has 1 heterocycles. The van der Waals surface area contributed by atoms with Gasteiger partial charge in [0.15, 0.2) is 0 Å². The van der Waals surface area contributed by atoms with Gasteiger partial charge in [0.05, 0.1) is 6.93 Å². The fourth-order valence-corrected chi connectivity index (χ4v) is 1.67. The molecular weight excluding hydrogens is 298 g/mol. The van der Waals surface area contributed by atoms with E-state index in [9.17, 15) is 4.79 Å². The summed E-state index contributed by atoms with van der Waals surface area (Å²) in [5.41, 5.74) is 0.349. The molecule has 1 aromatic heterocycles. The maximum Gasteiger partial charge on any atom is 0.365 e. The predicted octanol–water partition coefficient (Wildman–Crippen LogP) is 3.54. The molecule has 0 fully saturated rings. The number of rotatable bonds is 3. The molecule has 0 aliphatic heterocycles. The number of oxime groups is 1. The number of carbonyl (C=O) groups is 1. The molecule has 18 heavy (non-hydrogen) atoms. The van der Waals surface area contributed by atoms with Gasteiger partial charge in [-0.25, -0.2) is 4.79 Å². The van der Waals surface area contributed by atoms with Crippen LogP contribution in [0.5, 0.6) is 0 Å². The fraction of sp³-hybridized carbons (Fsp3) is 0.0769. The van der Waals surface area contributed by atoms with Crippen molar-refractivity contribution >= 4 is 28.1 Å². The lowest BCUT2D eigenvalue weighted by atomic mass is 10.2. The minimum atomic E-state index is -0.630. The van der Waals surface area contributed by atoms with E-state index in [1.54, 1.807) is 43.3 Å². The van der Waals surface area contributed by atoms with Crippen LogP contribution in [0.15, 0.2) is 50.4 Å². The molecule has 1 aromatic carbocycles. The van der Waals surface area contributed by atoms with Gasteiger partial charge in [-0.15, -0.1) is 0 Å². The van der Waals surface area contributed by atoms with Crippen molar-refractivity contribution in [3.63, 3.8) is 0 Å². The molecule has 0 saturated carbocycles. The Labute approximate surface area is 114 Å². The number of halogens is 1. The summed E-state index contributed by atoms with van der Waals surface area (Å²) in [6.45, 7) is 1.75. The molecular formula is C13H10BrNO3. The zero-order valence-corrected chi connectivity index (χ0v) is 11.1. The van der Waals surface area contributed by atoms with Crippen LogP contribution >= 0.6 is 15.9 Å². The van der Waals surface area contributed by atoms with Gasteiger partial charge in [0.1, 0.15) is 17.7 Å². The molecule has 4 nitrogen and oxygen atoms in total. The Bertz CT molecular complexity index is 636. The predicted molar refractivity (Wildman–Crippen MR) is 70.6 cm³/mol. The molecule has 0 atom stereocenters. The molecule has 0 unspecified atom stereocenters. The fourth-order valence-electron chi connectivity index (χ4n) is 1.27. The van der Waals surface area contributed by atoms with Crippen molar-refractivity contribution in [2.75, 3.05) is 0 Å². The molecule has 5 heteroatoms. The van der Waals surface area contributed by atoms with Gasteiger partial charge < -0.3 is 9.25 Å². The van der Waals surface area contributed by atoms with Gasteiger partial charge in [-0.3, -0.25) is 0 Å². The molecule has 0 saturated heterocycles. The first-order chi connectivity index (χ1) is 9.06. The average molecular weight is 309 g/mol. The SMILES string of the molecule is [2H]/C(=N/OC(=O)c1cccc(Br)c1)c1ccc(C)o1. The van der Waals surface area contributed by atoms with Crippen LogP contribution in [0.2, 0.25) is 0 Å². The Balaban J connectivity index is 2.07. The Kier molecular flexibility index (Phi) is 3.52. The van der Waals surface area contributed by atoms with Crippen molar-refractivity contribution < 1.29 is 15.4 Å². The third-order valence-electron chi connectivity index (χ3n) is 2.09. The summed E-state index contributed by atoms with van der Waals surface area (Å²) in [4.78, 5) is 16.4. The van der Waals surface area contributed by atoms with E-state index in [-0.39, 0.29) is 12.0 Å². The molecule has 0 aliphatic carbocycles. The van der Waals surface area contributed by atoms with E-state index in [4.69, 9.17) is 5.79 Å². The second-order valence-corrected chi connectivity index (χ2v) is 4.42. The number of nitrogens with zero attached hydrogens (tertiary/aromatic N) is 1. The first kappa shape index (κ1) is 11.2. The summed E-state index contributed by atoms with van der Waals surface area (Å²) in [5.74, 6) is 0.280. The molecule has 0 bridgehead atoms. The summed E-state index contributed by atoms with van der Waals surface area (Å²) < 4.78 is 13.5. The van der Waals surface area contributed by atoms with Crippen molar-refractivity contribution in [2.45, 2.75) is 6.92 Å². The van der Waals surface area contributed by atoms with Crippen LogP contribution in [-0.2, 0) is 4.84 Å². The molecule has 0 aliphatic rings. The maximum atomic E-state index is 11.7.